The van der Waals surface area contributed by atoms with E-state index < -0.39 is 16.0 Å². The molecule has 0 spiro atoms. The lowest BCUT2D eigenvalue weighted by molar-refractivity contribution is -0.140. The number of methoxy groups -OCH3 is 1. The Bertz CT molecular complexity index is 769. The van der Waals surface area contributed by atoms with Crippen LogP contribution < -0.4 is 0 Å². The molecule has 22 heavy (non-hydrogen) atoms. The molecule has 0 radical (unpaired) electrons. The molecule has 0 unspecified atom stereocenters. The van der Waals surface area contributed by atoms with E-state index in [1.807, 2.05) is 6.92 Å². The van der Waals surface area contributed by atoms with Crippen molar-refractivity contribution in [1.29, 1.82) is 0 Å². The van der Waals surface area contributed by atoms with E-state index in [-0.39, 0.29) is 18.0 Å². The predicted molar refractivity (Wildman–Crippen MR) is 82.8 cm³/mol. The van der Waals surface area contributed by atoms with Gasteiger partial charge in [-0.15, -0.1) is 0 Å². The quantitative estimate of drug-likeness (QED) is 0.758. The standard InChI is InChI=1S/C15H18N2O4S/c1-3-9-17(11-15(18)21-2)22(19,20)14-6-4-5-12-10-16-8-7-13(12)14/h4-8,10H,3,9,11H2,1-2H3. The zero-order valence-electron chi connectivity index (χ0n) is 12.5. The Morgan fingerprint density at radius 2 is 2.09 bits per heavy atom. The third kappa shape index (κ3) is 3.26. The van der Waals surface area contributed by atoms with Crippen molar-refractivity contribution in [2.24, 2.45) is 0 Å². The third-order valence-corrected chi connectivity index (χ3v) is 5.17. The van der Waals surface area contributed by atoms with Crippen molar-refractivity contribution in [2.45, 2.75) is 18.2 Å². The molecule has 0 bridgehead atoms. The predicted octanol–water partition coefficient (Wildman–Crippen LogP) is 1.81. The average Bonchev–Trinajstić information content (AvgIpc) is 2.53. The molecule has 6 nitrogen and oxygen atoms in total. The molecule has 0 amide bonds. The molecule has 0 aliphatic rings. The molecule has 0 saturated carbocycles. The van der Waals surface area contributed by atoms with Crippen molar-refractivity contribution < 1.29 is 17.9 Å². The summed E-state index contributed by atoms with van der Waals surface area (Å²) in [6.07, 6.45) is 3.76. The summed E-state index contributed by atoms with van der Waals surface area (Å²) in [4.78, 5) is 15.7. The number of aromatic nitrogens is 1. The van der Waals surface area contributed by atoms with Crippen molar-refractivity contribution in [3.05, 3.63) is 36.7 Å². The van der Waals surface area contributed by atoms with Crippen LogP contribution in [0, 0.1) is 0 Å². The molecule has 7 heteroatoms. The Morgan fingerprint density at radius 3 is 2.77 bits per heavy atom. The first-order valence-electron chi connectivity index (χ1n) is 6.90. The summed E-state index contributed by atoms with van der Waals surface area (Å²) in [6.45, 7) is 1.81. The number of pyridine rings is 1. The minimum Gasteiger partial charge on any atom is -0.468 e. The number of ether oxygens (including phenoxy) is 1. The molecule has 2 rings (SSSR count). The highest BCUT2D eigenvalue weighted by Crippen LogP contribution is 2.25. The maximum atomic E-state index is 12.9. The van der Waals surface area contributed by atoms with E-state index >= 15 is 0 Å². The second-order valence-corrected chi connectivity index (χ2v) is 6.67. The minimum absolute atomic E-state index is 0.171. The lowest BCUT2D eigenvalue weighted by Gasteiger charge is -2.21. The van der Waals surface area contributed by atoms with E-state index in [1.165, 1.54) is 13.2 Å². The molecule has 0 atom stereocenters. The van der Waals surface area contributed by atoms with Crippen molar-refractivity contribution in [3.8, 4) is 0 Å². The van der Waals surface area contributed by atoms with Gasteiger partial charge in [-0.05, 0) is 18.6 Å². The van der Waals surface area contributed by atoms with E-state index in [4.69, 9.17) is 0 Å². The Kier molecular flexibility index (Phi) is 5.10. The number of esters is 1. The van der Waals surface area contributed by atoms with Crippen LogP contribution in [0.25, 0.3) is 10.8 Å². The number of benzene rings is 1. The fraction of sp³-hybridized carbons (Fsp3) is 0.333. The van der Waals surface area contributed by atoms with Crippen LogP contribution >= 0.6 is 0 Å². The number of hydrogen-bond acceptors (Lipinski definition) is 5. The molecule has 0 fully saturated rings. The largest absolute Gasteiger partial charge is 0.468 e. The lowest BCUT2D eigenvalue weighted by atomic mass is 10.2. The smallest absolute Gasteiger partial charge is 0.321 e. The summed E-state index contributed by atoms with van der Waals surface area (Å²) in [6, 6.07) is 6.66. The first kappa shape index (κ1) is 16.4. The molecule has 1 aromatic carbocycles. The highest BCUT2D eigenvalue weighted by molar-refractivity contribution is 7.89. The van der Waals surface area contributed by atoms with Crippen molar-refractivity contribution in [2.75, 3.05) is 20.2 Å². The van der Waals surface area contributed by atoms with Gasteiger partial charge in [0, 0.05) is 29.7 Å². The number of carbonyl (C=O) groups excluding carboxylic acids is 1. The van der Waals surface area contributed by atoms with Gasteiger partial charge in [0.2, 0.25) is 10.0 Å². The zero-order chi connectivity index (χ0) is 16.2. The molecule has 0 aliphatic carbocycles. The van der Waals surface area contributed by atoms with Crippen LogP contribution in [0.2, 0.25) is 0 Å². The van der Waals surface area contributed by atoms with Gasteiger partial charge in [-0.1, -0.05) is 19.1 Å². The Hall–Kier alpha value is -1.99. The van der Waals surface area contributed by atoms with Crippen LogP contribution in [0.1, 0.15) is 13.3 Å². The first-order valence-corrected chi connectivity index (χ1v) is 8.34. The number of fused-ring (bicyclic) bond motifs is 1. The minimum atomic E-state index is -3.79. The van der Waals surface area contributed by atoms with Gasteiger partial charge >= 0.3 is 5.97 Å². The molecular weight excluding hydrogens is 304 g/mol. The monoisotopic (exact) mass is 322 g/mol. The molecule has 2 aromatic rings. The molecule has 1 heterocycles. The average molecular weight is 322 g/mol. The molecule has 1 aromatic heterocycles. The SMILES string of the molecule is CCCN(CC(=O)OC)S(=O)(=O)c1cccc2cnccc12. The van der Waals surface area contributed by atoms with Gasteiger partial charge in [0.15, 0.2) is 0 Å². The summed E-state index contributed by atoms with van der Waals surface area (Å²) in [5.74, 6) is -0.584. The molecule has 0 aliphatic heterocycles. The van der Waals surface area contributed by atoms with Crippen LogP contribution in [0.5, 0.6) is 0 Å². The lowest BCUT2D eigenvalue weighted by Crippen LogP contribution is -2.36. The summed E-state index contributed by atoms with van der Waals surface area (Å²) in [5, 5.41) is 1.32. The van der Waals surface area contributed by atoms with Crippen LogP contribution in [-0.4, -0.2) is 43.9 Å². The fourth-order valence-corrected chi connectivity index (χ4v) is 3.89. The number of rotatable bonds is 6. The van der Waals surface area contributed by atoms with E-state index in [0.717, 1.165) is 9.69 Å². The number of hydrogen-bond donors (Lipinski definition) is 0. The van der Waals surface area contributed by atoms with Crippen molar-refractivity contribution in [1.82, 2.24) is 9.29 Å². The van der Waals surface area contributed by atoms with Crippen LogP contribution in [0.15, 0.2) is 41.6 Å². The van der Waals surface area contributed by atoms with Gasteiger partial charge in [0.1, 0.15) is 6.54 Å². The van der Waals surface area contributed by atoms with Gasteiger partial charge in [-0.25, -0.2) is 8.42 Å². The van der Waals surface area contributed by atoms with Crippen LogP contribution in [0.4, 0.5) is 0 Å². The Balaban J connectivity index is 2.52. The van der Waals surface area contributed by atoms with Crippen LogP contribution in [-0.2, 0) is 19.6 Å². The number of carbonyl (C=O) groups is 1. The van der Waals surface area contributed by atoms with E-state index in [2.05, 4.69) is 9.72 Å². The summed E-state index contributed by atoms with van der Waals surface area (Å²) < 4.78 is 31.5. The van der Waals surface area contributed by atoms with E-state index in [1.54, 1.807) is 30.6 Å². The van der Waals surface area contributed by atoms with E-state index in [0.29, 0.717) is 11.8 Å². The zero-order valence-corrected chi connectivity index (χ0v) is 13.3. The van der Waals surface area contributed by atoms with Gasteiger partial charge in [0.05, 0.1) is 12.0 Å². The molecule has 0 saturated heterocycles. The van der Waals surface area contributed by atoms with Gasteiger partial charge in [-0.2, -0.15) is 4.31 Å². The normalized spacial score (nSPS) is 11.8. The molecule has 0 N–H and O–H groups in total. The van der Waals surface area contributed by atoms with Gasteiger partial charge in [0.25, 0.3) is 0 Å². The second-order valence-electron chi connectivity index (χ2n) is 4.77. The topological polar surface area (TPSA) is 76.6 Å². The fourth-order valence-electron chi connectivity index (χ4n) is 2.20. The second kappa shape index (κ2) is 6.85. The first-order chi connectivity index (χ1) is 10.5. The highest BCUT2D eigenvalue weighted by atomic mass is 32.2. The Morgan fingerprint density at radius 1 is 1.32 bits per heavy atom. The molecular formula is C15H18N2O4S. The number of nitrogens with zero attached hydrogens (tertiary/aromatic N) is 2. The summed E-state index contributed by atoms with van der Waals surface area (Å²) in [7, 11) is -2.55. The summed E-state index contributed by atoms with van der Waals surface area (Å²) >= 11 is 0. The van der Waals surface area contributed by atoms with Gasteiger partial charge < -0.3 is 4.74 Å². The van der Waals surface area contributed by atoms with E-state index in [9.17, 15) is 13.2 Å². The maximum absolute atomic E-state index is 12.9. The van der Waals surface area contributed by atoms with Crippen molar-refractivity contribution in [3.63, 3.8) is 0 Å². The van der Waals surface area contributed by atoms with Crippen LogP contribution in [0.3, 0.4) is 0 Å². The number of sulfonamides is 1. The highest BCUT2D eigenvalue weighted by Gasteiger charge is 2.27. The summed E-state index contributed by atoms with van der Waals surface area (Å²) in [5.41, 5.74) is 0. The molecule has 118 valence electrons. The third-order valence-electron chi connectivity index (χ3n) is 3.26. The van der Waals surface area contributed by atoms with Crippen molar-refractivity contribution >= 4 is 26.8 Å². The van der Waals surface area contributed by atoms with Gasteiger partial charge in [-0.3, -0.25) is 9.78 Å². The maximum Gasteiger partial charge on any atom is 0.321 e. The Labute approximate surface area is 129 Å².